The number of carbonyl (C=O) groups is 2. The van der Waals surface area contributed by atoms with E-state index in [2.05, 4.69) is 21.0 Å². The first-order chi connectivity index (χ1) is 14.5. The molecule has 1 saturated heterocycles. The summed E-state index contributed by atoms with van der Waals surface area (Å²) >= 11 is 0. The van der Waals surface area contributed by atoms with Crippen LogP contribution in [0.5, 0.6) is 0 Å². The second-order valence-corrected chi connectivity index (χ2v) is 7.55. The van der Waals surface area contributed by atoms with Gasteiger partial charge in [-0.15, -0.1) is 0 Å². The van der Waals surface area contributed by atoms with Gasteiger partial charge in [0.25, 0.3) is 5.91 Å². The molecule has 1 aliphatic carbocycles. The highest BCUT2D eigenvalue weighted by atomic mass is 16.3. The normalized spacial score (nSPS) is 18.5. The van der Waals surface area contributed by atoms with Gasteiger partial charge >= 0.3 is 6.03 Å². The summed E-state index contributed by atoms with van der Waals surface area (Å²) in [6.07, 6.45) is 4.79. The summed E-state index contributed by atoms with van der Waals surface area (Å²) in [5.74, 6) is 0.306. The molecule has 0 radical (unpaired) electrons. The van der Waals surface area contributed by atoms with E-state index in [-0.39, 0.29) is 5.70 Å². The number of aromatic nitrogens is 3. The molecule has 2 aromatic heterocycles. The number of aliphatic hydroxyl groups excluding tert-OH is 1. The molecule has 1 saturated carbocycles. The van der Waals surface area contributed by atoms with Gasteiger partial charge in [-0.2, -0.15) is 9.61 Å². The van der Waals surface area contributed by atoms with Gasteiger partial charge in [0, 0.05) is 23.2 Å². The SMILES string of the molecule is CC(O)c1cccc(-c2cc(NC3CC3)n3ncc(/C=C4\NC(=O)NC4=O)c3n2)c1. The Morgan fingerprint density at radius 3 is 2.80 bits per heavy atom. The molecule has 30 heavy (non-hydrogen) atoms. The second-order valence-electron chi connectivity index (χ2n) is 7.55. The van der Waals surface area contributed by atoms with E-state index >= 15 is 0 Å². The Bertz CT molecular complexity index is 1210. The number of amides is 3. The molecule has 1 aliphatic heterocycles. The van der Waals surface area contributed by atoms with Crippen LogP contribution in [0.2, 0.25) is 0 Å². The Balaban J connectivity index is 1.65. The van der Waals surface area contributed by atoms with Crippen LogP contribution >= 0.6 is 0 Å². The first-order valence-electron chi connectivity index (χ1n) is 9.76. The molecule has 2 fully saturated rings. The van der Waals surface area contributed by atoms with Crippen LogP contribution < -0.4 is 16.0 Å². The fraction of sp³-hybridized carbons (Fsp3) is 0.238. The summed E-state index contributed by atoms with van der Waals surface area (Å²) in [5.41, 5.74) is 3.69. The summed E-state index contributed by atoms with van der Waals surface area (Å²) in [6.45, 7) is 1.72. The molecule has 1 atom stereocenters. The Labute approximate surface area is 171 Å². The Kier molecular flexibility index (Phi) is 4.25. The lowest BCUT2D eigenvalue weighted by molar-refractivity contribution is -0.115. The molecule has 1 unspecified atom stereocenters. The van der Waals surface area contributed by atoms with Gasteiger partial charge in [-0.3, -0.25) is 10.1 Å². The van der Waals surface area contributed by atoms with Crippen molar-refractivity contribution in [2.24, 2.45) is 0 Å². The standard InChI is InChI=1S/C21H20N6O3/c1-11(28)12-3-2-4-13(7-12)16-9-18(23-15-5-6-15)27-19(24-16)14(10-22-27)8-17-20(29)26-21(30)25-17/h2-4,7-11,15,23,28H,5-6H2,1H3,(H2,25,26,29,30)/b17-8-. The van der Waals surface area contributed by atoms with Crippen molar-refractivity contribution in [2.45, 2.75) is 31.9 Å². The highest BCUT2D eigenvalue weighted by Gasteiger charge is 2.25. The molecule has 0 spiro atoms. The number of rotatable bonds is 5. The molecule has 3 heterocycles. The maximum Gasteiger partial charge on any atom is 0.326 e. The molecule has 1 aromatic carbocycles. The molecule has 3 amide bonds. The van der Waals surface area contributed by atoms with Crippen molar-refractivity contribution in [3.63, 3.8) is 0 Å². The van der Waals surface area contributed by atoms with Crippen molar-refractivity contribution in [3.05, 3.63) is 53.4 Å². The summed E-state index contributed by atoms with van der Waals surface area (Å²) in [5, 5.41) is 22.5. The van der Waals surface area contributed by atoms with E-state index in [1.807, 2.05) is 30.3 Å². The first-order valence-corrected chi connectivity index (χ1v) is 9.76. The number of hydrogen-bond acceptors (Lipinski definition) is 6. The minimum absolute atomic E-state index is 0.148. The minimum Gasteiger partial charge on any atom is -0.389 e. The zero-order valence-electron chi connectivity index (χ0n) is 16.2. The number of fused-ring (bicyclic) bond motifs is 1. The number of aliphatic hydroxyl groups is 1. The van der Waals surface area contributed by atoms with Gasteiger partial charge in [0.2, 0.25) is 0 Å². The van der Waals surface area contributed by atoms with Gasteiger partial charge in [0.05, 0.1) is 18.0 Å². The van der Waals surface area contributed by atoms with E-state index in [1.54, 1.807) is 23.7 Å². The quantitative estimate of drug-likeness (QED) is 0.382. The van der Waals surface area contributed by atoms with Gasteiger partial charge in [-0.25, -0.2) is 9.78 Å². The van der Waals surface area contributed by atoms with Gasteiger partial charge < -0.3 is 15.7 Å². The van der Waals surface area contributed by atoms with Crippen molar-refractivity contribution < 1.29 is 14.7 Å². The van der Waals surface area contributed by atoms with Crippen molar-refractivity contribution >= 4 is 29.5 Å². The average molecular weight is 404 g/mol. The van der Waals surface area contributed by atoms with Crippen LogP contribution in [0.1, 0.15) is 37.0 Å². The minimum atomic E-state index is -0.586. The highest BCUT2D eigenvalue weighted by molar-refractivity contribution is 6.14. The van der Waals surface area contributed by atoms with E-state index in [1.165, 1.54) is 0 Å². The lowest BCUT2D eigenvalue weighted by atomic mass is 10.0. The fourth-order valence-corrected chi connectivity index (χ4v) is 3.36. The fourth-order valence-electron chi connectivity index (χ4n) is 3.36. The van der Waals surface area contributed by atoms with Gasteiger partial charge in [-0.05, 0) is 37.5 Å². The lowest BCUT2D eigenvalue weighted by Crippen LogP contribution is -2.22. The molecule has 4 N–H and O–H groups in total. The molecular formula is C21H20N6O3. The van der Waals surface area contributed by atoms with Crippen LogP contribution in [0.3, 0.4) is 0 Å². The van der Waals surface area contributed by atoms with Crippen LogP contribution in [0.25, 0.3) is 23.0 Å². The Morgan fingerprint density at radius 1 is 1.27 bits per heavy atom. The van der Waals surface area contributed by atoms with E-state index < -0.39 is 18.0 Å². The largest absolute Gasteiger partial charge is 0.389 e. The molecule has 5 rings (SSSR count). The topological polar surface area (TPSA) is 121 Å². The highest BCUT2D eigenvalue weighted by Crippen LogP contribution is 2.30. The third-order valence-electron chi connectivity index (χ3n) is 5.11. The number of carbonyl (C=O) groups excluding carboxylic acids is 2. The Morgan fingerprint density at radius 2 is 2.10 bits per heavy atom. The number of benzene rings is 1. The van der Waals surface area contributed by atoms with Crippen LogP contribution in [0.15, 0.2) is 42.2 Å². The maximum absolute atomic E-state index is 11.9. The molecule has 152 valence electrons. The van der Waals surface area contributed by atoms with Crippen molar-refractivity contribution in [2.75, 3.05) is 5.32 Å². The Hall–Kier alpha value is -3.72. The van der Waals surface area contributed by atoms with Crippen LogP contribution in [-0.2, 0) is 4.79 Å². The van der Waals surface area contributed by atoms with Gasteiger partial charge in [0.15, 0.2) is 5.65 Å². The van der Waals surface area contributed by atoms with E-state index in [4.69, 9.17) is 4.98 Å². The molecule has 9 nitrogen and oxygen atoms in total. The molecule has 9 heteroatoms. The molecule has 3 aromatic rings. The average Bonchev–Trinajstić information content (AvgIpc) is 3.36. The predicted octanol–water partition coefficient (Wildman–Crippen LogP) is 2.20. The number of urea groups is 1. The number of imide groups is 1. The molecular weight excluding hydrogens is 384 g/mol. The zero-order chi connectivity index (χ0) is 20.8. The van der Waals surface area contributed by atoms with Crippen molar-refractivity contribution in [1.82, 2.24) is 25.2 Å². The lowest BCUT2D eigenvalue weighted by Gasteiger charge is -2.12. The third kappa shape index (κ3) is 3.39. The van der Waals surface area contributed by atoms with E-state index in [9.17, 15) is 14.7 Å². The zero-order valence-corrected chi connectivity index (χ0v) is 16.2. The van der Waals surface area contributed by atoms with E-state index in [0.717, 1.165) is 29.8 Å². The summed E-state index contributed by atoms with van der Waals surface area (Å²) in [6, 6.07) is 9.37. The smallest absolute Gasteiger partial charge is 0.326 e. The van der Waals surface area contributed by atoms with Crippen molar-refractivity contribution in [3.8, 4) is 11.3 Å². The van der Waals surface area contributed by atoms with Gasteiger partial charge in [0.1, 0.15) is 11.5 Å². The second kappa shape index (κ2) is 6.96. The predicted molar refractivity (Wildman–Crippen MR) is 110 cm³/mol. The van der Waals surface area contributed by atoms with Gasteiger partial charge in [-0.1, -0.05) is 18.2 Å². The number of hydrogen-bond donors (Lipinski definition) is 4. The van der Waals surface area contributed by atoms with Crippen molar-refractivity contribution in [1.29, 1.82) is 0 Å². The summed E-state index contributed by atoms with van der Waals surface area (Å²) in [4.78, 5) is 28.1. The first kappa shape index (κ1) is 18.3. The summed E-state index contributed by atoms with van der Waals surface area (Å²) in [7, 11) is 0. The maximum atomic E-state index is 11.9. The van der Waals surface area contributed by atoms with Crippen LogP contribution in [0.4, 0.5) is 10.6 Å². The third-order valence-corrected chi connectivity index (χ3v) is 5.11. The molecule has 0 bridgehead atoms. The molecule has 2 aliphatic rings. The van der Waals surface area contributed by atoms with Crippen LogP contribution in [-0.4, -0.2) is 37.7 Å². The monoisotopic (exact) mass is 404 g/mol. The van der Waals surface area contributed by atoms with Crippen LogP contribution in [0, 0.1) is 0 Å². The number of nitrogens with zero attached hydrogens (tertiary/aromatic N) is 3. The number of nitrogens with one attached hydrogen (secondary N) is 3. The number of anilines is 1. The van der Waals surface area contributed by atoms with E-state index in [0.29, 0.717) is 22.9 Å². The summed E-state index contributed by atoms with van der Waals surface area (Å²) < 4.78 is 1.70.